The number of carbonyl (C=O) groups excluding carboxylic acids is 4. The molecule has 4 aromatic rings. The number of aliphatic hydroxyl groups is 1. The number of aromatic amines is 2. The van der Waals surface area contributed by atoms with Crippen LogP contribution in [0.25, 0.3) is 22.3 Å². The van der Waals surface area contributed by atoms with Gasteiger partial charge < -0.3 is 65.4 Å². The number of ether oxygens (including phenoxy) is 6. The fourth-order valence-electron chi connectivity index (χ4n) is 7.97. The molecule has 8 heterocycles. The van der Waals surface area contributed by atoms with E-state index in [1.54, 1.807) is 0 Å². The van der Waals surface area contributed by atoms with E-state index in [1.165, 1.54) is 4.57 Å². The zero-order valence-corrected chi connectivity index (χ0v) is 40.5. The molecule has 4 aliphatic rings. The molecule has 0 saturated carbocycles. The molecule has 11 N–H and O–H groups in total. The molecule has 10 unspecified atom stereocenters. The number of amides is 4. The number of imidazole rings is 2. The summed E-state index contributed by atoms with van der Waals surface area (Å²) in [5.74, 6) is -2.60. The number of nitrogens with zero attached hydrogens (tertiary/aromatic N) is 7. The summed E-state index contributed by atoms with van der Waals surface area (Å²) in [4.78, 5) is 118. The van der Waals surface area contributed by atoms with Crippen molar-refractivity contribution in [3.63, 3.8) is 0 Å². The topological polar surface area (TPSA) is 462 Å². The molecule has 0 radical (unpaired) electrons. The van der Waals surface area contributed by atoms with Gasteiger partial charge in [-0.05, 0) is 0 Å². The average Bonchev–Trinajstić information content (AvgIpc) is 4.16. The van der Waals surface area contributed by atoms with Crippen molar-refractivity contribution in [1.29, 1.82) is 0 Å². The van der Waals surface area contributed by atoms with Crippen LogP contribution in [0.3, 0.4) is 0 Å². The molecule has 404 valence electrons. The maximum atomic E-state index is 13.8. The highest BCUT2D eigenvalue weighted by molar-refractivity contribution is 7.47. The quantitative estimate of drug-likeness (QED) is 0.0218. The minimum atomic E-state index is -5.28. The number of imide groups is 1. The molecule has 34 nitrogen and oxygen atoms in total. The van der Waals surface area contributed by atoms with Crippen LogP contribution in [-0.2, 0) is 74.8 Å². The highest BCUT2D eigenvalue weighted by Gasteiger charge is 2.54. The van der Waals surface area contributed by atoms with E-state index in [1.807, 2.05) is 0 Å². The fraction of sp³-hybridized carbons (Fsp3) is 0.579. The van der Waals surface area contributed by atoms with Crippen LogP contribution in [0, 0.1) is 0 Å². The van der Waals surface area contributed by atoms with E-state index < -0.39 is 107 Å². The third-order valence-electron chi connectivity index (χ3n) is 11.4. The number of hydrogen-bond acceptors (Lipinski definition) is 25. The van der Waals surface area contributed by atoms with Gasteiger partial charge in [0.05, 0.1) is 78.7 Å². The highest BCUT2D eigenvalue weighted by atomic mass is 31.2. The zero-order valence-electron chi connectivity index (χ0n) is 38.7. The lowest BCUT2D eigenvalue weighted by atomic mass is 10.1. The summed E-state index contributed by atoms with van der Waals surface area (Å²) in [6.45, 7) is -0.485. The van der Waals surface area contributed by atoms with E-state index in [0.717, 1.165) is 34.3 Å². The largest absolute Gasteiger partial charge is 0.472 e. The summed E-state index contributed by atoms with van der Waals surface area (Å²) < 4.78 is 85.2. The maximum Gasteiger partial charge on any atom is 0.472 e. The van der Waals surface area contributed by atoms with Gasteiger partial charge in [0, 0.05) is 38.1 Å². The first-order valence-electron chi connectivity index (χ1n) is 22.5. The van der Waals surface area contributed by atoms with E-state index in [9.17, 15) is 52.8 Å². The van der Waals surface area contributed by atoms with Crippen molar-refractivity contribution in [3.05, 3.63) is 45.5 Å². The van der Waals surface area contributed by atoms with Gasteiger partial charge in [0.25, 0.3) is 22.9 Å². The van der Waals surface area contributed by atoms with Crippen LogP contribution < -0.4 is 33.2 Å². The molecule has 3 saturated heterocycles. The van der Waals surface area contributed by atoms with Crippen molar-refractivity contribution in [2.24, 2.45) is 0 Å². The number of nitrogens with two attached hydrogens (primary N) is 2. The highest BCUT2D eigenvalue weighted by Crippen LogP contribution is 2.53. The first kappa shape index (κ1) is 54.3. The lowest BCUT2D eigenvalue weighted by molar-refractivity contribution is -0.137. The smallest absolute Gasteiger partial charge is 0.386 e. The lowest BCUT2D eigenvalue weighted by Gasteiger charge is -2.29. The summed E-state index contributed by atoms with van der Waals surface area (Å²) in [6, 6.07) is -1.49. The third-order valence-corrected chi connectivity index (χ3v) is 13.3. The molecule has 4 aliphatic heterocycles. The Morgan fingerprint density at radius 3 is 1.76 bits per heavy atom. The van der Waals surface area contributed by atoms with Crippen LogP contribution in [0.15, 0.2) is 34.4 Å². The van der Waals surface area contributed by atoms with Crippen LogP contribution in [0.2, 0.25) is 0 Å². The zero-order chi connectivity index (χ0) is 52.7. The Morgan fingerprint density at radius 2 is 1.19 bits per heavy atom. The molecule has 0 aromatic carbocycles. The molecule has 74 heavy (non-hydrogen) atoms. The van der Waals surface area contributed by atoms with Gasteiger partial charge in [-0.1, -0.05) is 0 Å². The van der Waals surface area contributed by atoms with E-state index >= 15 is 0 Å². The van der Waals surface area contributed by atoms with Gasteiger partial charge in [-0.2, -0.15) is 9.97 Å². The second-order valence-electron chi connectivity index (χ2n) is 16.4. The number of nitrogen functional groups attached to an aromatic ring is 2. The number of phosphoric ester groups is 2. The number of H-pyrrole nitrogens is 2. The number of fused-ring (bicyclic) bond motifs is 4. The average molecular weight is 1090 g/mol. The minimum Gasteiger partial charge on any atom is -0.386 e. The number of aliphatic hydroxyl groups excluding tert-OH is 1. The molecule has 0 bridgehead atoms. The summed E-state index contributed by atoms with van der Waals surface area (Å²) in [5.41, 5.74) is 9.33. The van der Waals surface area contributed by atoms with E-state index in [-0.39, 0.29) is 119 Å². The summed E-state index contributed by atoms with van der Waals surface area (Å²) in [6.07, 6.45) is -7.48. The second-order valence-corrected chi connectivity index (χ2v) is 19.2. The molecule has 8 rings (SSSR count). The number of aromatic nitrogens is 8. The Bertz CT molecular complexity index is 2930. The van der Waals surface area contributed by atoms with Gasteiger partial charge in [-0.3, -0.25) is 70.9 Å². The van der Waals surface area contributed by atoms with Crippen LogP contribution in [0.4, 0.5) is 11.9 Å². The molecule has 3 fully saturated rings. The number of rotatable bonds is 21. The number of carbonyl (C=O) groups is 4. The molecule has 4 aromatic heterocycles. The first-order valence-corrected chi connectivity index (χ1v) is 25.5. The monoisotopic (exact) mass is 1090 g/mol. The van der Waals surface area contributed by atoms with Gasteiger partial charge in [-0.15, -0.1) is 0 Å². The maximum absolute atomic E-state index is 13.8. The van der Waals surface area contributed by atoms with Crippen LogP contribution >= 0.6 is 15.6 Å². The predicted octanol–water partition coefficient (Wildman–Crippen LogP) is -4.04. The van der Waals surface area contributed by atoms with Gasteiger partial charge in [0.1, 0.15) is 36.6 Å². The fourth-order valence-corrected chi connectivity index (χ4v) is 9.91. The van der Waals surface area contributed by atoms with E-state index in [4.69, 9.17) is 58.0 Å². The Morgan fingerprint density at radius 1 is 0.703 bits per heavy atom. The Kier molecular flexibility index (Phi) is 17.4. The molecular weight excluding hydrogens is 1040 g/mol. The Balaban J connectivity index is 0.827. The molecular formula is C38H51N13O21P2. The predicted molar refractivity (Wildman–Crippen MR) is 244 cm³/mol. The lowest BCUT2D eigenvalue weighted by Crippen LogP contribution is -2.48. The standard InChI is InChI=1S/C38H51N13O21P2/c39-37-45-31-26(33(57)47-37)42-17-50(31)35-25(44-22(53)4-7-63-9-11-65-13-14-66-12-10-64-8-5-41-21(52)3-6-49-23(54)1-2-24(49)55)29-19(69-35)15-67-74(61,62)72-30-20(16-68-73(59,60)71-29)70-36(28(30)56)51-18-43-27-32(51)46-38(40)48-34(27)58/h1-2,17-20,25,28-30,35-36,56H,3-16H2,(H,41,52)(H,44,53)(H,59,60)(H,61,62)(H3,39,45,47,57)(H3,40,46,48,58). The van der Waals surface area contributed by atoms with Crippen molar-refractivity contribution in [3.8, 4) is 0 Å². The van der Waals surface area contributed by atoms with Crippen molar-refractivity contribution in [1.82, 2.24) is 54.6 Å². The van der Waals surface area contributed by atoms with Gasteiger partial charge in [0.2, 0.25) is 23.7 Å². The molecule has 36 heteroatoms. The van der Waals surface area contributed by atoms with Crippen molar-refractivity contribution >= 4 is 73.5 Å². The minimum absolute atomic E-state index is 0.0159. The molecule has 0 aliphatic carbocycles. The molecule has 0 spiro atoms. The van der Waals surface area contributed by atoms with Crippen LogP contribution in [0.1, 0.15) is 25.3 Å². The summed E-state index contributed by atoms with van der Waals surface area (Å²) in [7, 11) is -10.5. The van der Waals surface area contributed by atoms with E-state index in [0.29, 0.717) is 0 Å². The number of anilines is 2. The molecule has 4 amide bonds. The van der Waals surface area contributed by atoms with Crippen LogP contribution in [-0.4, -0.2) is 198 Å². The van der Waals surface area contributed by atoms with Gasteiger partial charge in [-0.25, -0.2) is 19.1 Å². The normalized spacial score (nSPS) is 28.3. The number of nitrogens with one attached hydrogen (secondary N) is 4. The van der Waals surface area contributed by atoms with Gasteiger partial charge >= 0.3 is 15.6 Å². The summed E-state index contributed by atoms with van der Waals surface area (Å²) >= 11 is 0. The SMILES string of the molecule is Nc1nc2c(ncn2C2OC3COP(=O)(O)OC4C(COP(=O)(O)OC3C2O)OC(n2cnc3c(=O)[nH]c(N)nc32)C4NC(=O)CCOCCOCCOCCOCCNC(=O)CCN2C(=O)C=CC2=O)c(=O)[nH]1. The van der Waals surface area contributed by atoms with Gasteiger partial charge in [0.15, 0.2) is 34.8 Å². The number of phosphoric acid groups is 2. The van der Waals surface area contributed by atoms with Crippen molar-refractivity contribution in [2.75, 3.05) is 90.6 Å². The number of hydrogen-bond donors (Lipinski definition) is 9. The third kappa shape index (κ3) is 13.1. The van der Waals surface area contributed by atoms with Crippen molar-refractivity contribution < 1.29 is 89.7 Å². The Labute approximate surface area is 415 Å². The van der Waals surface area contributed by atoms with Crippen LogP contribution in [0.5, 0.6) is 0 Å². The van der Waals surface area contributed by atoms with E-state index in [2.05, 4.69) is 40.5 Å². The Hall–Kier alpha value is -5.94. The summed E-state index contributed by atoms with van der Waals surface area (Å²) in [5, 5.41) is 16.7. The first-order chi connectivity index (χ1) is 35.4. The van der Waals surface area contributed by atoms with Crippen molar-refractivity contribution in [2.45, 2.75) is 61.9 Å². The second kappa shape index (κ2) is 23.7. The molecule has 10 atom stereocenters.